The van der Waals surface area contributed by atoms with Crippen LogP contribution in [-0.4, -0.2) is 31.3 Å². The van der Waals surface area contributed by atoms with Crippen molar-refractivity contribution in [1.82, 2.24) is 9.55 Å². The van der Waals surface area contributed by atoms with Gasteiger partial charge in [-0.2, -0.15) is 0 Å². The van der Waals surface area contributed by atoms with Gasteiger partial charge >= 0.3 is 0 Å². The summed E-state index contributed by atoms with van der Waals surface area (Å²) in [5, 5.41) is 21.2. The minimum atomic E-state index is -0.313. The molecule has 0 saturated heterocycles. The van der Waals surface area contributed by atoms with Crippen molar-refractivity contribution in [3.05, 3.63) is 45.6 Å². The topological polar surface area (TPSA) is 92.4 Å². The maximum Gasteiger partial charge on any atom is 0.271 e. The number of carbonyl (C=O) groups is 1. The highest BCUT2D eigenvalue weighted by atomic mass is 32.2. The molecule has 0 saturated carbocycles. The number of hydrogen-bond acceptors (Lipinski definition) is 7. The molecular weight excluding hydrogens is 336 g/mol. The molecule has 118 valence electrons. The first-order valence-corrected chi connectivity index (χ1v) is 8.46. The third-order valence-corrected chi connectivity index (χ3v) is 5.18. The number of Topliss-reactive ketones (excluding diaryl/α,β-unsaturated/α-hetero) is 1. The van der Waals surface area contributed by atoms with Crippen LogP contribution in [0.25, 0.3) is 10.2 Å². The summed E-state index contributed by atoms with van der Waals surface area (Å²) >= 11 is 2.46. The molecule has 0 bridgehead atoms. The number of benzene rings is 1. The van der Waals surface area contributed by atoms with Gasteiger partial charge < -0.3 is 10.2 Å². The van der Waals surface area contributed by atoms with E-state index in [1.54, 1.807) is 18.5 Å². The highest BCUT2D eigenvalue weighted by Crippen LogP contribution is 2.26. The van der Waals surface area contributed by atoms with Gasteiger partial charge in [0.1, 0.15) is 16.2 Å². The van der Waals surface area contributed by atoms with Crippen LogP contribution in [0.15, 0.2) is 39.6 Å². The van der Waals surface area contributed by atoms with Gasteiger partial charge in [0, 0.05) is 13.1 Å². The van der Waals surface area contributed by atoms with E-state index < -0.39 is 0 Å². The molecule has 3 rings (SSSR count). The van der Waals surface area contributed by atoms with Gasteiger partial charge in [0.25, 0.3) is 5.56 Å². The molecule has 1 aromatic carbocycles. The van der Waals surface area contributed by atoms with Crippen LogP contribution in [-0.2, 0) is 7.05 Å². The summed E-state index contributed by atoms with van der Waals surface area (Å²) in [4.78, 5) is 28.7. The summed E-state index contributed by atoms with van der Waals surface area (Å²) in [5.41, 5.74) is 0.588. The van der Waals surface area contributed by atoms with Crippen LogP contribution in [0.1, 0.15) is 10.4 Å². The first-order chi connectivity index (χ1) is 11.0. The molecule has 0 amide bonds. The molecule has 0 aliphatic heterocycles. The van der Waals surface area contributed by atoms with Gasteiger partial charge in [-0.3, -0.25) is 14.2 Å². The minimum absolute atomic E-state index is 0.0221. The van der Waals surface area contributed by atoms with E-state index in [9.17, 15) is 19.8 Å². The molecule has 0 aliphatic rings. The van der Waals surface area contributed by atoms with E-state index in [0.29, 0.717) is 15.4 Å². The van der Waals surface area contributed by atoms with E-state index >= 15 is 0 Å². The number of phenols is 2. The zero-order chi connectivity index (χ0) is 16.6. The van der Waals surface area contributed by atoms with Crippen LogP contribution in [0, 0.1) is 0 Å². The van der Waals surface area contributed by atoms with Crippen molar-refractivity contribution >= 4 is 39.1 Å². The second-order valence-electron chi connectivity index (χ2n) is 4.81. The summed E-state index contributed by atoms with van der Waals surface area (Å²) < 4.78 is 1.99. The van der Waals surface area contributed by atoms with E-state index in [4.69, 9.17) is 0 Å². The molecule has 0 aliphatic carbocycles. The lowest BCUT2D eigenvalue weighted by molar-refractivity contribution is 0.102. The SMILES string of the molecule is Cn1c(SCC(=O)c2ccc(O)cc2O)nc2ccsc2c1=O. The lowest BCUT2D eigenvalue weighted by Crippen LogP contribution is -2.19. The average Bonchev–Trinajstić information content (AvgIpc) is 2.97. The fraction of sp³-hybridized carbons (Fsp3) is 0.133. The Morgan fingerprint density at radius 3 is 2.87 bits per heavy atom. The first kappa shape index (κ1) is 15.6. The third kappa shape index (κ3) is 2.95. The fourth-order valence-electron chi connectivity index (χ4n) is 2.06. The number of thioether (sulfide) groups is 1. The van der Waals surface area contributed by atoms with Gasteiger partial charge in [0.15, 0.2) is 10.9 Å². The van der Waals surface area contributed by atoms with Gasteiger partial charge in [-0.1, -0.05) is 11.8 Å². The number of aromatic nitrogens is 2. The number of hydrogen-bond donors (Lipinski definition) is 2. The van der Waals surface area contributed by atoms with Crippen molar-refractivity contribution in [3.8, 4) is 11.5 Å². The summed E-state index contributed by atoms with van der Waals surface area (Å²) in [6, 6.07) is 5.58. The molecule has 6 nitrogen and oxygen atoms in total. The molecule has 3 aromatic rings. The van der Waals surface area contributed by atoms with Gasteiger partial charge in [-0.25, -0.2) is 4.98 Å². The van der Waals surface area contributed by atoms with Crippen LogP contribution >= 0.6 is 23.1 Å². The van der Waals surface area contributed by atoms with Crippen LogP contribution in [0.5, 0.6) is 11.5 Å². The predicted molar refractivity (Wildman–Crippen MR) is 89.7 cm³/mol. The van der Waals surface area contributed by atoms with Gasteiger partial charge in [-0.05, 0) is 23.6 Å². The monoisotopic (exact) mass is 348 g/mol. The molecule has 0 unspecified atom stereocenters. The minimum Gasteiger partial charge on any atom is -0.508 e. The number of ketones is 1. The highest BCUT2D eigenvalue weighted by Gasteiger charge is 2.15. The molecular formula is C15H12N2O4S2. The maximum absolute atomic E-state index is 12.2. The Labute approximate surface area is 139 Å². The lowest BCUT2D eigenvalue weighted by Gasteiger charge is -2.07. The second-order valence-corrected chi connectivity index (χ2v) is 6.67. The fourth-order valence-corrected chi connectivity index (χ4v) is 3.72. The third-order valence-electron chi connectivity index (χ3n) is 3.26. The zero-order valence-corrected chi connectivity index (χ0v) is 13.6. The second kappa shape index (κ2) is 6.05. The molecule has 0 spiro atoms. The summed E-state index contributed by atoms with van der Waals surface area (Å²) in [6.07, 6.45) is 0. The molecule has 23 heavy (non-hydrogen) atoms. The highest BCUT2D eigenvalue weighted by molar-refractivity contribution is 7.99. The number of fused-ring (bicyclic) bond motifs is 1. The van der Waals surface area contributed by atoms with E-state index in [1.807, 2.05) is 0 Å². The number of carbonyl (C=O) groups excluding carboxylic acids is 1. The normalized spacial score (nSPS) is 11.0. The van der Waals surface area contributed by atoms with Crippen molar-refractivity contribution in [3.63, 3.8) is 0 Å². The van der Waals surface area contributed by atoms with Crippen LogP contribution in [0.2, 0.25) is 0 Å². The molecule has 0 radical (unpaired) electrons. The van der Waals surface area contributed by atoms with Crippen molar-refractivity contribution in [2.45, 2.75) is 5.16 Å². The maximum atomic E-state index is 12.2. The lowest BCUT2D eigenvalue weighted by atomic mass is 10.1. The van der Waals surface area contributed by atoms with Crippen LogP contribution in [0.3, 0.4) is 0 Å². The standard InChI is InChI=1S/C15H12N2O4S2/c1-17-14(21)13-10(4-5-22-13)16-15(17)23-7-12(20)9-3-2-8(18)6-11(9)19/h2-6,18-19H,7H2,1H3. The Balaban J connectivity index is 1.84. The zero-order valence-electron chi connectivity index (χ0n) is 12.0. The largest absolute Gasteiger partial charge is 0.508 e. The summed E-state index contributed by atoms with van der Waals surface area (Å²) in [7, 11) is 1.61. The molecule has 2 heterocycles. The van der Waals surface area contributed by atoms with E-state index in [-0.39, 0.29) is 34.2 Å². The first-order valence-electron chi connectivity index (χ1n) is 6.59. The molecule has 2 aromatic heterocycles. The van der Waals surface area contributed by atoms with E-state index in [1.165, 1.54) is 28.0 Å². The van der Waals surface area contributed by atoms with Crippen LogP contribution in [0.4, 0.5) is 0 Å². The molecule has 2 N–H and O–H groups in total. The summed E-state index contributed by atoms with van der Waals surface area (Å²) in [5.74, 6) is -0.676. The Hall–Kier alpha value is -2.32. The van der Waals surface area contributed by atoms with Gasteiger partial charge in [0.05, 0.1) is 16.8 Å². The van der Waals surface area contributed by atoms with Gasteiger partial charge in [-0.15, -0.1) is 11.3 Å². The predicted octanol–water partition coefficient (Wildman–Crippen LogP) is 2.38. The number of aromatic hydroxyl groups is 2. The Kier molecular flexibility index (Phi) is 4.10. The number of phenolic OH excluding ortho intramolecular Hbond substituents is 2. The number of rotatable bonds is 4. The Morgan fingerprint density at radius 1 is 1.35 bits per heavy atom. The summed E-state index contributed by atoms with van der Waals surface area (Å²) in [6.45, 7) is 0. The van der Waals surface area contributed by atoms with Crippen molar-refractivity contribution < 1.29 is 15.0 Å². The van der Waals surface area contributed by atoms with Crippen molar-refractivity contribution in [2.75, 3.05) is 5.75 Å². The average molecular weight is 348 g/mol. The molecule has 8 heteroatoms. The van der Waals surface area contributed by atoms with Crippen molar-refractivity contribution in [1.29, 1.82) is 0 Å². The smallest absolute Gasteiger partial charge is 0.271 e. The van der Waals surface area contributed by atoms with E-state index in [2.05, 4.69) is 4.98 Å². The Morgan fingerprint density at radius 2 is 2.13 bits per heavy atom. The molecule has 0 fully saturated rings. The van der Waals surface area contributed by atoms with E-state index in [0.717, 1.165) is 17.8 Å². The van der Waals surface area contributed by atoms with Crippen molar-refractivity contribution in [2.24, 2.45) is 7.05 Å². The quantitative estimate of drug-likeness (QED) is 0.427. The van der Waals surface area contributed by atoms with Gasteiger partial charge in [0.2, 0.25) is 0 Å². The number of nitrogens with zero attached hydrogens (tertiary/aromatic N) is 2. The van der Waals surface area contributed by atoms with Crippen LogP contribution < -0.4 is 5.56 Å². The Bertz CT molecular complexity index is 962. The molecule has 0 atom stereocenters. The number of thiophene rings is 1.